The van der Waals surface area contributed by atoms with Crippen molar-refractivity contribution >= 4 is 17.5 Å². The lowest BCUT2D eigenvalue weighted by Gasteiger charge is -2.36. The summed E-state index contributed by atoms with van der Waals surface area (Å²) in [6, 6.07) is 7.82. The number of carbonyl (C=O) groups excluding carboxylic acids is 1. The minimum Gasteiger partial charge on any atom is -0.392 e. The summed E-state index contributed by atoms with van der Waals surface area (Å²) in [4.78, 5) is 18.7. The third-order valence-electron chi connectivity index (χ3n) is 5.80. The number of aliphatic hydroxyl groups excluding tert-OH is 1. The van der Waals surface area contributed by atoms with E-state index in [-0.39, 0.29) is 17.9 Å². The molecule has 0 aromatic heterocycles. The van der Waals surface area contributed by atoms with Crippen molar-refractivity contribution in [1.82, 2.24) is 14.7 Å². The number of likely N-dealkylation sites (N-methyl/N-ethyl adjacent to an activating group) is 1. The lowest BCUT2D eigenvalue weighted by Crippen LogP contribution is -2.48. The quantitative estimate of drug-likeness (QED) is 0.742. The maximum Gasteiger partial charge on any atom is 0.236 e. The average Bonchev–Trinajstić information content (AvgIpc) is 2.70. The van der Waals surface area contributed by atoms with Crippen LogP contribution in [0, 0.1) is 5.92 Å². The number of piperidine rings is 1. The number of ether oxygens (including phenoxy) is 1. The van der Waals surface area contributed by atoms with E-state index in [1.807, 2.05) is 36.2 Å². The molecule has 156 valence electrons. The third-order valence-corrected chi connectivity index (χ3v) is 6.16. The van der Waals surface area contributed by atoms with Gasteiger partial charge in [0, 0.05) is 44.3 Å². The van der Waals surface area contributed by atoms with E-state index in [0.717, 1.165) is 49.6 Å². The normalized spacial score (nSPS) is 20.5. The van der Waals surface area contributed by atoms with Gasteiger partial charge in [-0.1, -0.05) is 29.8 Å². The monoisotopic (exact) mass is 409 g/mol. The van der Waals surface area contributed by atoms with Crippen LogP contribution in [-0.4, -0.2) is 91.3 Å². The molecule has 1 N–H and O–H groups in total. The second-order valence-corrected chi connectivity index (χ2v) is 8.37. The van der Waals surface area contributed by atoms with Gasteiger partial charge in [0.1, 0.15) is 0 Å². The van der Waals surface area contributed by atoms with Crippen LogP contribution in [-0.2, 0) is 16.1 Å². The van der Waals surface area contributed by atoms with Gasteiger partial charge >= 0.3 is 0 Å². The van der Waals surface area contributed by atoms with Gasteiger partial charge in [-0.25, -0.2) is 0 Å². The Labute approximate surface area is 173 Å². The number of carbonyl (C=O) groups is 1. The van der Waals surface area contributed by atoms with Gasteiger partial charge in [0.15, 0.2) is 0 Å². The molecule has 2 aliphatic rings. The van der Waals surface area contributed by atoms with Crippen LogP contribution in [0.2, 0.25) is 5.02 Å². The van der Waals surface area contributed by atoms with Crippen LogP contribution < -0.4 is 0 Å². The number of amides is 1. The first kappa shape index (κ1) is 21.5. The molecule has 28 heavy (non-hydrogen) atoms. The molecule has 2 fully saturated rings. The molecule has 1 aromatic rings. The van der Waals surface area contributed by atoms with Gasteiger partial charge in [0.2, 0.25) is 5.91 Å². The predicted octanol–water partition coefficient (Wildman–Crippen LogP) is 1.70. The van der Waals surface area contributed by atoms with Crippen molar-refractivity contribution in [3.05, 3.63) is 34.9 Å². The molecule has 1 atom stereocenters. The first-order chi connectivity index (χ1) is 13.5. The molecule has 6 nitrogen and oxygen atoms in total. The topological polar surface area (TPSA) is 56.2 Å². The molecule has 0 bridgehead atoms. The zero-order valence-electron chi connectivity index (χ0n) is 16.7. The molecular formula is C21H32ClN3O3. The van der Waals surface area contributed by atoms with Crippen LogP contribution in [0.4, 0.5) is 0 Å². The van der Waals surface area contributed by atoms with Crippen LogP contribution in [0.5, 0.6) is 0 Å². The second-order valence-electron chi connectivity index (χ2n) is 7.96. The molecular weight excluding hydrogens is 378 g/mol. The average molecular weight is 410 g/mol. The molecule has 0 radical (unpaired) electrons. The number of hydrogen-bond acceptors (Lipinski definition) is 5. The standard InChI is InChI=1S/C21H32ClN3O3/c1-23(14-18-4-2-3-5-19(18)22)15-20(26)17-6-8-25(9-7-17)21(27)16-24-10-12-28-13-11-24/h2-5,17,20,26H,6-16H2,1H3. The van der Waals surface area contributed by atoms with Crippen LogP contribution in [0.25, 0.3) is 0 Å². The first-order valence-corrected chi connectivity index (χ1v) is 10.6. The number of likely N-dealkylation sites (tertiary alicyclic amines) is 1. The van der Waals surface area contributed by atoms with Crippen molar-refractivity contribution in [2.24, 2.45) is 5.92 Å². The summed E-state index contributed by atoms with van der Waals surface area (Å²) in [5.74, 6) is 0.437. The predicted molar refractivity (Wildman–Crippen MR) is 110 cm³/mol. The van der Waals surface area contributed by atoms with E-state index in [1.54, 1.807) is 0 Å². The van der Waals surface area contributed by atoms with E-state index in [1.165, 1.54) is 0 Å². The Morgan fingerprint density at radius 2 is 1.93 bits per heavy atom. The summed E-state index contributed by atoms with van der Waals surface area (Å²) in [7, 11) is 2.01. The highest BCUT2D eigenvalue weighted by molar-refractivity contribution is 6.31. The Balaban J connectivity index is 1.40. The number of morpholine rings is 1. The van der Waals surface area contributed by atoms with Crippen LogP contribution in [0.1, 0.15) is 18.4 Å². The van der Waals surface area contributed by atoms with Crippen molar-refractivity contribution < 1.29 is 14.6 Å². The summed E-state index contributed by atoms with van der Waals surface area (Å²) in [5, 5.41) is 11.4. The first-order valence-electron chi connectivity index (χ1n) is 10.2. The minimum absolute atomic E-state index is 0.200. The van der Waals surface area contributed by atoms with E-state index < -0.39 is 0 Å². The van der Waals surface area contributed by atoms with Gasteiger partial charge in [0.05, 0.1) is 25.9 Å². The number of halogens is 1. The van der Waals surface area contributed by atoms with Crippen LogP contribution in [0.3, 0.4) is 0 Å². The molecule has 0 aliphatic carbocycles. The molecule has 0 spiro atoms. The largest absolute Gasteiger partial charge is 0.392 e. The highest BCUT2D eigenvalue weighted by atomic mass is 35.5. The summed E-state index contributed by atoms with van der Waals surface area (Å²) >= 11 is 6.23. The highest BCUT2D eigenvalue weighted by Gasteiger charge is 2.29. The molecule has 1 amide bonds. The van der Waals surface area contributed by atoms with Crippen LogP contribution in [0.15, 0.2) is 24.3 Å². The van der Waals surface area contributed by atoms with Crippen molar-refractivity contribution in [3.63, 3.8) is 0 Å². The molecule has 2 aliphatic heterocycles. The van der Waals surface area contributed by atoms with E-state index in [2.05, 4.69) is 9.80 Å². The Bertz CT molecular complexity index is 631. The Morgan fingerprint density at radius 3 is 2.61 bits per heavy atom. The molecule has 0 saturated carbocycles. The van der Waals surface area contributed by atoms with Crippen molar-refractivity contribution in [3.8, 4) is 0 Å². The summed E-state index contributed by atoms with van der Waals surface area (Å²) in [6.45, 7) is 6.37. The molecule has 3 rings (SSSR count). The van der Waals surface area contributed by atoms with Gasteiger partial charge in [-0.3, -0.25) is 14.6 Å². The fourth-order valence-corrected chi connectivity index (χ4v) is 4.23. The molecule has 7 heteroatoms. The number of rotatable bonds is 7. The smallest absolute Gasteiger partial charge is 0.236 e. The lowest BCUT2D eigenvalue weighted by atomic mass is 9.91. The van der Waals surface area contributed by atoms with E-state index in [0.29, 0.717) is 32.8 Å². The van der Waals surface area contributed by atoms with Gasteiger partial charge in [-0.05, 0) is 37.4 Å². The Kier molecular flexibility index (Phi) is 8.11. The van der Waals surface area contributed by atoms with Gasteiger partial charge in [-0.2, -0.15) is 0 Å². The van der Waals surface area contributed by atoms with Crippen molar-refractivity contribution in [2.45, 2.75) is 25.5 Å². The van der Waals surface area contributed by atoms with E-state index >= 15 is 0 Å². The lowest BCUT2D eigenvalue weighted by molar-refractivity contribution is -0.135. The molecule has 2 saturated heterocycles. The van der Waals surface area contributed by atoms with Gasteiger partial charge in [-0.15, -0.1) is 0 Å². The van der Waals surface area contributed by atoms with E-state index in [4.69, 9.17) is 16.3 Å². The van der Waals surface area contributed by atoms with Gasteiger partial charge in [0.25, 0.3) is 0 Å². The summed E-state index contributed by atoms with van der Waals surface area (Å²) in [5.41, 5.74) is 1.07. The zero-order valence-corrected chi connectivity index (χ0v) is 17.5. The fraction of sp³-hybridized carbons (Fsp3) is 0.667. The summed E-state index contributed by atoms with van der Waals surface area (Å²) in [6.07, 6.45) is 1.33. The van der Waals surface area contributed by atoms with Crippen LogP contribution >= 0.6 is 11.6 Å². The molecule has 1 aromatic carbocycles. The highest BCUT2D eigenvalue weighted by Crippen LogP contribution is 2.23. The zero-order chi connectivity index (χ0) is 19.9. The number of aliphatic hydroxyl groups is 1. The molecule has 1 unspecified atom stereocenters. The Morgan fingerprint density at radius 1 is 1.25 bits per heavy atom. The minimum atomic E-state index is -0.385. The second kappa shape index (κ2) is 10.6. The molecule has 2 heterocycles. The van der Waals surface area contributed by atoms with Crippen molar-refractivity contribution in [2.75, 3.05) is 59.5 Å². The number of benzene rings is 1. The van der Waals surface area contributed by atoms with Gasteiger partial charge < -0.3 is 14.7 Å². The third kappa shape index (κ3) is 6.16. The summed E-state index contributed by atoms with van der Waals surface area (Å²) < 4.78 is 5.34. The number of hydrogen-bond donors (Lipinski definition) is 1. The SMILES string of the molecule is CN(Cc1ccccc1Cl)CC(O)C1CCN(C(=O)CN2CCOCC2)CC1. The fourth-order valence-electron chi connectivity index (χ4n) is 4.03. The van der Waals surface area contributed by atoms with E-state index in [9.17, 15) is 9.90 Å². The Hall–Kier alpha value is -1.18. The maximum absolute atomic E-state index is 12.5. The maximum atomic E-state index is 12.5. The number of nitrogens with zero attached hydrogens (tertiary/aromatic N) is 3. The van der Waals surface area contributed by atoms with Crippen molar-refractivity contribution in [1.29, 1.82) is 0 Å².